The molecule has 4 nitrogen and oxygen atoms in total. The van der Waals surface area contributed by atoms with Crippen molar-refractivity contribution in [3.63, 3.8) is 0 Å². The summed E-state index contributed by atoms with van der Waals surface area (Å²) in [6.45, 7) is 6.40. The molecule has 0 aliphatic carbocycles. The van der Waals surface area contributed by atoms with Gasteiger partial charge in [-0.2, -0.15) is 0 Å². The molecule has 2 rings (SSSR count). The summed E-state index contributed by atoms with van der Waals surface area (Å²) in [7, 11) is 0. The number of alkyl halides is 3. The lowest BCUT2D eigenvalue weighted by atomic mass is 9.89. The molecule has 0 bridgehead atoms. The van der Waals surface area contributed by atoms with E-state index >= 15 is 0 Å². The maximum Gasteiger partial charge on any atom is 0.265 e. The average Bonchev–Trinajstić information content (AvgIpc) is 2.60. The molecule has 2 aliphatic rings. The number of halogens is 3. The highest BCUT2D eigenvalue weighted by atomic mass is 35.6. The van der Waals surface area contributed by atoms with Gasteiger partial charge in [0, 0.05) is 12.3 Å². The van der Waals surface area contributed by atoms with Gasteiger partial charge in [0.25, 0.3) is 3.79 Å². The summed E-state index contributed by atoms with van der Waals surface area (Å²) in [5.41, 5.74) is 1.02. The minimum Gasteiger partial charge on any atom is -0.448 e. The van der Waals surface area contributed by atoms with E-state index in [1.54, 1.807) is 0 Å². The Morgan fingerprint density at radius 3 is 2.78 bits per heavy atom. The largest absolute Gasteiger partial charge is 0.448 e. The Labute approximate surface area is 121 Å². The van der Waals surface area contributed by atoms with Gasteiger partial charge < -0.3 is 14.2 Å². The average molecular weight is 315 g/mol. The number of rotatable bonds is 1. The van der Waals surface area contributed by atoms with E-state index in [0.717, 1.165) is 5.57 Å². The highest BCUT2D eigenvalue weighted by molar-refractivity contribution is 6.76. The maximum absolute atomic E-state index is 7.53. The second kappa shape index (κ2) is 5.17. The van der Waals surface area contributed by atoms with E-state index in [9.17, 15) is 0 Å². The third-order valence-corrected chi connectivity index (χ3v) is 3.68. The lowest BCUT2D eigenvalue weighted by Crippen LogP contribution is -2.44. The summed E-state index contributed by atoms with van der Waals surface area (Å²) in [4.78, 5) is 0. The number of ether oxygens (including phenoxy) is 3. The molecule has 2 fully saturated rings. The fourth-order valence-corrected chi connectivity index (χ4v) is 2.41. The van der Waals surface area contributed by atoms with E-state index < -0.39 is 16.0 Å². The van der Waals surface area contributed by atoms with Crippen molar-refractivity contribution in [3.05, 3.63) is 12.2 Å². The molecular weight excluding hydrogens is 300 g/mol. The summed E-state index contributed by atoms with van der Waals surface area (Å²) in [5.74, 6) is -0.269. The summed E-state index contributed by atoms with van der Waals surface area (Å²) >= 11 is 16.7. The zero-order chi connectivity index (χ0) is 13.5. The minimum atomic E-state index is -1.87. The van der Waals surface area contributed by atoms with E-state index in [4.69, 9.17) is 54.4 Å². The van der Waals surface area contributed by atoms with Crippen LogP contribution in [0.3, 0.4) is 0 Å². The van der Waals surface area contributed by atoms with Crippen molar-refractivity contribution in [3.8, 4) is 0 Å². The first kappa shape index (κ1) is 14.4. The smallest absolute Gasteiger partial charge is 0.265 e. The Morgan fingerprint density at radius 2 is 2.17 bits per heavy atom. The number of nitrogens with one attached hydrogen (secondary N) is 1. The number of fused-ring (bicyclic) bond motifs is 1. The van der Waals surface area contributed by atoms with Crippen molar-refractivity contribution in [2.75, 3.05) is 6.61 Å². The van der Waals surface area contributed by atoms with Gasteiger partial charge in [-0.25, -0.2) is 0 Å². The lowest BCUT2D eigenvalue weighted by molar-refractivity contribution is -0.197. The number of hydrogen-bond acceptors (Lipinski definition) is 4. The fraction of sp³-hybridized carbons (Fsp3) is 0.727. The quantitative estimate of drug-likeness (QED) is 0.350. The van der Waals surface area contributed by atoms with Gasteiger partial charge in [-0.05, 0) is 12.5 Å². The SMILES string of the molecule is C=C1COC2C(C)OC(OC(=N)C(Cl)(Cl)Cl)CC12. The van der Waals surface area contributed by atoms with E-state index in [1.165, 1.54) is 0 Å². The first-order valence-corrected chi connectivity index (χ1v) is 6.69. The number of hydrogen-bond donors (Lipinski definition) is 1. The summed E-state index contributed by atoms with van der Waals surface area (Å²) in [5, 5.41) is 7.53. The predicted molar refractivity (Wildman–Crippen MR) is 70.4 cm³/mol. The highest BCUT2D eigenvalue weighted by Crippen LogP contribution is 2.38. The molecule has 0 aromatic rings. The van der Waals surface area contributed by atoms with Crippen LogP contribution < -0.4 is 0 Å². The first-order valence-electron chi connectivity index (χ1n) is 5.56. The molecule has 0 aromatic heterocycles. The summed E-state index contributed by atoms with van der Waals surface area (Å²) in [6, 6.07) is 0. The zero-order valence-electron chi connectivity index (χ0n) is 9.79. The normalized spacial score (nSPS) is 36.3. The van der Waals surface area contributed by atoms with E-state index in [0.29, 0.717) is 13.0 Å². The Morgan fingerprint density at radius 1 is 1.50 bits per heavy atom. The van der Waals surface area contributed by atoms with E-state index in [2.05, 4.69) is 6.58 Å². The van der Waals surface area contributed by atoms with Crippen LogP contribution in [0.4, 0.5) is 0 Å². The van der Waals surface area contributed by atoms with Crippen LogP contribution in [0, 0.1) is 11.3 Å². The third-order valence-electron chi connectivity index (χ3n) is 3.16. The monoisotopic (exact) mass is 313 g/mol. The Balaban J connectivity index is 2.00. The van der Waals surface area contributed by atoms with Crippen LogP contribution in [-0.4, -0.2) is 34.8 Å². The van der Waals surface area contributed by atoms with Crippen LogP contribution in [0.15, 0.2) is 12.2 Å². The molecular formula is C11H14Cl3NO3. The second-order valence-corrected chi connectivity index (χ2v) is 6.77. The predicted octanol–water partition coefficient (Wildman–Crippen LogP) is 3.06. The van der Waals surface area contributed by atoms with Crippen LogP contribution >= 0.6 is 34.8 Å². The molecule has 0 radical (unpaired) electrons. The molecule has 0 aromatic carbocycles. The fourth-order valence-electron chi connectivity index (χ4n) is 2.28. The molecule has 0 amide bonds. The maximum atomic E-state index is 7.53. The standard InChI is InChI=1S/C11H14Cl3NO3/c1-5-4-16-9-6(2)17-8(3-7(5)9)18-10(15)11(12,13)14/h6-9,15H,1,3-4H2,2H3. The molecule has 18 heavy (non-hydrogen) atoms. The van der Waals surface area contributed by atoms with Crippen molar-refractivity contribution in [1.82, 2.24) is 0 Å². The van der Waals surface area contributed by atoms with E-state index in [1.807, 2.05) is 6.92 Å². The van der Waals surface area contributed by atoms with Gasteiger partial charge in [-0.15, -0.1) is 0 Å². The molecule has 2 aliphatic heterocycles. The molecule has 7 heteroatoms. The van der Waals surface area contributed by atoms with Gasteiger partial charge in [0.2, 0.25) is 12.2 Å². The van der Waals surface area contributed by atoms with Crippen molar-refractivity contribution in [2.24, 2.45) is 5.92 Å². The minimum absolute atomic E-state index is 0.000652. The molecule has 0 saturated carbocycles. The molecule has 4 atom stereocenters. The van der Waals surface area contributed by atoms with Gasteiger partial charge in [0.1, 0.15) is 0 Å². The molecule has 1 N–H and O–H groups in total. The van der Waals surface area contributed by atoms with Gasteiger partial charge >= 0.3 is 0 Å². The molecule has 102 valence electrons. The van der Waals surface area contributed by atoms with Crippen molar-refractivity contribution in [1.29, 1.82) is 5.41 Å². The third kappa shape index (κ3) is 2.94. The Bertz CT molecular complexity index is 369. The summed E-state index contributed by atoms with van der Waals surface area (Å²) in [6.07, 6.45) is -0.199. The zero-order valence-corrected chi connectivity index (χ0v) is 12.1. The van der Waals surface area contributed by atoms with Gasteiger partial charge in [0.15, 0.2) is 0 Å². The molecule has 2 heterocycles. The first-order chi connectivity index (χ1) is 8.29. The van der Waals surface area contributed by atoms with Crippen molar-refractivity contribution >= 4 is 40.7 Å². The lowest BCUT2D eigenvalue weighted by Gasteiger charge is -2.36. The van der Waals surface area contributed by atoms with Crippen LogP contribution in [0.1, 0.15) is 13.3 Å². The summed E-state index contributed by atoms with van der Waals surface area (Å²) < 4.78 is 14.6. The van der Waals surface area contributed by atoms with E-state index in [-0.39, 0.29) is 18.1 Å². The van der Waals surface area contributed by atoms with Crippen LogP contribution in [0.5, 0.6) is 0 Å². The van der Waals surface area contributed by atoms with Crippen LogP contribution in [0.25, 0.3) is 0 Å². The van der Waals surface area contributed by atoms with Gasteiger partial charge in [-0.1, -0.05) is 41.4 Å². The molecule has 4 unspecified atom stereocenters. The van der Waals surface area contributed by atoms with Crippen molar-refractivity contribution < 1.29 is 14.2 Å². The Kier molecular flexibility index (Phi) is 4.14. The van der Waals surface area contributed by atoms with Crippen molar-refractivity contribution in [2.45, 2.75) is 35.6 Å². The van der Waals surface area contributed by atoms with Crippen LogP contribution in [-0.2, 0) is 14.2 Å². The Hall–Kier alpha value is -0.000000000000000111. The van der Waals surface area contributed by atoms with Gasteiger partial charge in [0.05, 0.1) is 18.8 Å². The van der Waals surface area contributed by atoms with Crippen LogP contribution in [0.2, 0.25) is 0 Å². The topological polar surface area (TPSA) is 51.5 Å². The second-order valence-electron chi connectivity index (χ2n) is 4.49. The highest BCUT2D eigenvalue weighted by Gasteiger charge is 2.44. The molecule has 0 spiro atoms. The van der Waals surface area contributed by atoms with Gasteiger partial charge in [-0.3, -0.25) is 5.41 Å². The molecule has 2 saturated heterocycles.